The van der Waals surface area contributed by atoms with Gasteiger partial charge in [-0.1, -0.05) is 30.3 Å². The second-order valence-corrected chi connectivity index (χ2v) is 3.98. The van der Waals surface area contributed by atoms with Crippen molar-refractivity contribution in [2.45, 2.75) is 0 Å². The average molecular weight is 274 g/mol. The van der Waals surface area contributed by atoms with E-state index in [2.05, 4.69) is 5.32 Å². The zero-order valence-corrected chi connectivity index (χ0v) is 10.6. The molecule has 0 unspecified atom stereocenters. The number of ether oxygens (including phenoxy) is 1. The van der Waals surface area contributed by atoms with Crippen LogP contribution in [0.1, 0.15) is 0 Å². The van der Waals surface area contributed by atoms with Crippen molar-refractivity contribution in [2.24, 2.45) is 0 Å². The topological polar surface area (TPSA) is 64.4 Å². The maximum absolute atomic E-state index is 10.8. The van der Waals surface area contributed by atoms with Gasteiger partial charge < -0.3 is 10.1 Å². The first kappa shape index (κ1) is 13.0. The predicted molar refractivity (Wildman–Crippen MR) is 76.4 cm³/mol. The Kier molecular flexibility index (Phi) is 4.04. The summed E-state index contributed by atoms with van der Waals surface area (Å²) in [5.41, 5.74) is 0.630. The highest BCUT2D eigenvalue weighted by Crippen LogP contribution is 2.26. The van der Waals surface area contributed by atoms with Gasteiger partial charge in [-0.15, -0.1) is 0 Å². The number of nitrogens with zero attached hydrogens (tertiary/aromatic N) is 1. The number of nitrogens with one attached hydrogen (secondary N) is 1. The number of rotatable bonds is 3. The SMILES string of the molecule is O=[N+]([O-])c1ccccc1OC(=S)Nc1ccccc1. The molecule has 0 atom stereocenters. The van der Waals surface area contributed by atoms with Gasteiger partial charge in [0.25, 0.3) is 5.17 Å². The summed E-state index contributed by atoms with van der Waals surface area (Å²) in [6, 6.07) is 15.3. The van der Waals surface area contributed by atoms with Crippen LogP contribution in [-0.4, -0.2) is 10.1 Å². The predicted octanol–water partition coefficient (Wildman–Crippen LogP) is 3.37. The highest BCUT2D eigenvalue weighted by molar-refractivity contribution is 7.80. The van der Waals surface area contributed by atoms with Crippen molar-refractivity contribution in [1.29, 1.82) is 0 Å². The van der Waals surface area contributed by atoms with Crippen LogP contribution in [0, 0.1) is 10.1 Å². The van der Waals surface area contributed by atoms with E-state index < -0.39 is 4.92 Å². The van der Waals surface area contributed by atoms with E-state index in [4.69, 9.17) is 17.0 Å². The van der Waals surface area contributed by atoms with Crippen molar-refractivity contribution in [1.82, 2.24) is 0 Å². The van der Waals surface area contributed by atoms with Crippen LogP contribution >= 0.6 is 12.2 Å². The van der Waals surface area contributed by atoms with Crippen LogP contribution in [0.5, 0.6) is 5.75 Å². The Hall–Kier alpha value is -2.47. The zero-order chi connectivity index (χ0) is 13.7. The van der Waals surface area contributed by atoms with E-state index >= 15 is 0 Å². The molecule has 2 rings (SSSR count). The minimum Gasteiger partial charge on any atom is -0.424 e. The summed E-state index contributed by atoms with van der Waals surface area (Å²) in [7, 11) is 0. The number of hydrogen-bond donors (Lipinski definition) is 1. The van der Waals surface area contributed by atoms with Gasteiger partial charge in [0.1, 0.15) is 0 Å². The van der Waals surface area contributed by atoms with Crippen molar-refractivity contribution in [2.75, 3.05) is 5.32 Å². The van der Waals surface area contributed by atoms with E-state index in [0.29, 0.717) is 0 Å². The largest absolute Gasteiger partial charge is 0.424 e. The molecule has 1 N–H and O–H groups in total. The molecule has 2 aromatic rings. The lowest BCUT2D eigenvalue weighted by Crippen LogP contribution is -2.16. The Morgan fingerprint density at radius 2 is 1.74 bits per heavy atom. The zero-order valence-electron chi connectivity index (χ0n) is 9.78. The smallest absolute Gasteiger partial charge is 0.311 e. The summed E-state index contributed by atoms with van der Waals surface area (Å²) < 4.78 is 5.29. The molecule has 0 amide bonds. The van der Waals surface area contributed by atoms with Crippen molar-refractivity contribution >= 4 is 28.8 Å². The Morgan fingerprint density at radius 3 is 2.42 bits per heavy atom. The molecule has 6 heteroatoms. The molecular weight excluding hydrogens is 264 g/mol. The summed E-state index contributed by atoms with van der Waals surface area (Å²) in [6.07, 6.45) is 0. The number of anilines is 1. The number of thiocarbonyl (C=S) groups is 1. The average Bonchev–Trinajstić information content (AvgIpc) is 2.40. The van der Waals surface area contributed by atoms with Gasteiger partial charge in [-0.3, -0.25) is 10.1 Å². The van der Waals surface area contributed by atoms with Crippen molar-refractivity contribution in [3.63, 3.8) is 0 Å². The molecule has 0 spiro atoms. The number of nitro groups is 1. The maximum Gasteiger partial charge on any atom is 0.311 e. The van der Waals surface area contributed by atoms with E-state index in [0.717, 1.165) is 5.69 Å². The fraction of sp³-hybridized carbons (Fsp3) is 0. The highest BCUT2D eigenvalue weighted by Gasteiger charge is 2.15. The molecular formula is C13H10N2O3S. The molecule has 0 aliphatic carbocycles. The van der Waals surface area contributed by atoms with Crippen molar-refractivity contribution in [3.05, 3.63) is 64.7 Å². The van der Waals surface area contributed by atoms with Gasteiger partial charge in [0, 0.05) is 11.8 Å². The van der Waals surface area contributed by atoms with Gasteiger partial charge in [-0.2, -0.15) is 0 Å². The van der Waals surface area contributed by atoms with Gasteiger partial charge in [-0.25, -0.2) is 0 Å². The molecule has 0 saturated heterocycles. The summed E-state index contributed by atoms with van der Waals surface area (Å²) in [4.78, 5) is 10.3. The first-order valence-corrected chi connectivity index (χ1v) is 5.85. The molecule has 0 radical (unpaired) electrons. The van der Waals surface area contributed by atoms with E-state index in [1.165, 1.54) is 12.1 Å². The van der Waals surface area contributed by atoms with Gasteiger partial charge >= 0.3 is 5.69 Å². The van der Waals surface area contributed by atoms with Crippen LogP contribution in [0.4, 0.5) is 11.4 Å². The number of nitro benzene ring substituents is 1. The maximum atomic E-state index is 10.8. The number of hydrogen-bond acceptors (Lipinski definition) is 4. The number of benzene rings is 2. The minimum absolute atomic E-state index is 0.0560. The van der Waals surface area contributed by atoms with Gasteiger partial charge in [0.05, 0.1) is 4.92 Å². The first-order chi connectivity index (χ1) is 9.16. The second kappa shape index (κ2) is 5.92. The van der Waals surface area contributed by atoms with Crippen LogP contribution < -0.4 is 10.1 Å². The molecule has 0 aliphatic rings. The third-order valence-electron chi connectivity index (χ3n) is 2.28. The first-order valence-electron chi connectivity index (χ1n) is 5.44. The van der Waals surface area contributed by atoms with Gasteiger partial charge in [-0.05, 0) is 30.4 Å². The molecule has 0 fully saturated rings. The van der Waals surface area contributed by atoms with Crippen molar-refractivity contribution in [3.8, 4) is 5.75 Å². The van der Waals surface area contributed by atoms with Gasteiger partial charge in [0.2, 0.25) is 5.75 Å². The quantitative estimate of drug-likeness (QED) is 0.528. The third-order valence-corrected chi connectivity index (χ3v) is 2.47. The fourth-order valence-electron chi connectivity index (χ4n) is 1.46. The lowest BCUT2D eigenvalue weighted by Gasteiger charge is -2.09. The van der Waals surface area contributed by atoms with Crippen LogP contribution in [0.2, 0.25) is 0 Å². The Morgan fingerprint density at radius 1 is 1.11 bits per heavy atom. The lowest BCUT2D eigenvalue weighted by atomic mass is 10.3. The summed E-state index contributed by atoms with van der Waals surface area (Å²) in [5.74, 6) is 0.112. The molecule has 0 aromatic heterocycles. The van der Waals surface area contributed by atoms with Crippen LogP contribution in [0.3, 0.4) is 0 Å². The summed E-state index contributed by atoms with van der Waals surface area (Å²) in [5, 5.41) is 13.7. The third kappa shape index (κ3) is 3.49. The normalized spacial score (nSPS) is 9.68. The standard InChI is InChI=1S/C13H10N2O3S/c16-15(17)11-8-4-5-9-12(11)18-13(19)14-10-6-2-1-3-7-10/h1-9H,(H,14,19). The van der Waals surface area contributed by atoms with E-state index in [-0.39, 0.29) is 16.6 Å². The molecule has 0 aliphatic heterocycles. The molecule has 0 saturated carbocycles. The second-order valence-electron chi connectivity index (χ2n) is 3.61. The molecule has 5 nitrogen and oxygen atoms in total. The van der Waals surface area contributed by atoms with E-state index in [1.54, 1.807) is 12.1 Å². The van der Waals surface area contributed by atoms with Crippen LogP contribution in [0.25, 0.3) is 0 Å². The number of para-hydroxylation sites is 3. The van der Waals surface area contributed by atoms with Crippen LogP contribution in [-0.2, 0) is 0 Å². The molecule has 2 aromatic carbocycles. The van der Waals surface area contributed by atoms with E-state index in [9.17, 15) is 10.1 Å². The van der Waals surface area contributed by atoms with E-state index in [1.807, 2.05) is 30.3 Å². The van der Waals surface area contributed by atoms with Gasteiger partial charge in [0.15, 0.2) is 0 Å². The Labute approximate surface area is 115 Å². The molecule has 96 valence electrons. The fourth-order valence-corrected chi connectivity index (χ4v) is 1.67. The lowest BCUT2D eigenvalue weighted by molar-refractivity contribution is -0.385. The minimum atomic E-state index is -0.513. The molecule has 19 heavy (non-hydrogen) atoms. The Bertz CT molecular complexity index is 602. The van der Waals surface area contributed by atoms with Crippen LogP contribution in [0.15, 0.2) is 54.6 Å². The summed E-state index contributed by atoms with van der Waals surface area (Å²) >= 11 is 5.01. The highest BCUT2D eigenvalue weighted by atomic mass is 32.1. The molecule has 0 heterocycles. The monoisotopic (exact) mass is 274 g/mol. The summed E-state index contributed by atoms with van der Waals surface area (Å²) in [6.45, 7) is 0. The molecule has 0 bridgehead atoms. The Balaban J connectivity index is 2.09. The van der Waals surface area contributed by atoms with Crippen molar-refractivity contribution < 1.29 is 9.66 Å².